The summed E-state index contributed by atoms with van der Waals surface area (Å²) < 4.78 is 40.5. The van der Waals surface area contributed by atoms with Crippen LogP contribution in [0.5, 0.6) is 0 Å². The third-order valence-electron chi connectivity index (χ3n) is 7.03. The molecule has 1 aromatic heterocycles. The maximum Gasteiger partial charge on any atom is 0.416 e. The normalized spacial score (nSPS) is 20.3. The first-order chi connectivity index (χ1) is 17.1. The third kappa shape index (κ3) is 4.23. The number of alkyl halides is 3. The number of amides is 3. The van der Waals surface area contributed by atoms with Crippen LogP contribution >= 0.6 is 0 Å². The topological polar surface area (TPSA) is 70.6 Å². The second-order valence-electron chi connectivity index (χ2n) is 9.55. The van der Waals surface area contributed by atoms with E-state index >= 15 is 0 Å². The Morgan fingerprint density at radius 2 is 1.86 bits per heavy atom. The number of carbonyl (C=O) groups is 3. The summed E-state index contributed by atoms with van der Waals surface area (Å²) in [6, 6.07) is 13.4. The minimum atomic E-state index is -4.62. The van der Waals surface area contributed by atoms with Crippen LogP contribution in [-0.2, 0) is 32.5 Å². The fraction of sp³-hybridized carbons (Fsp3) is 0.333. The molecule has 0 spiro atoms. The minimum absolute atomic E-state index is 0.0370. The molecule has 1 saturated heterocycles. The van der Waals surface area contributed by atoms with Crippen LogP contribution in [0.15, 0.2) is 60.8 Å². The largest absolute Gasteiger partial charge is 0.416 e. The maximum absolute atomic E-state index is 13.6. The Morgan fingerprint density at radius 3 is 2.58 bits per heavy atom. The molecule has 0 bridgehead atoms. The van der Waals surface area contributed by atoms with Crippen molar-refractivity contribution in [1.82, 2.24) is 14.8 Å². The van der Waals surface area contributed by atoms with Gasteiger partial charge in [-0.2, -0.15) is 13.2 Å². The number of hydrogen-bond donors (Lipinski definition) is 0. The van der Waals surface area contributed by atoms with E-state index in [1.807, 2.05) is 24.3 Å². The highest BCUT2D eigenvalue weighted by Gasteiger charge is 2.57. The lowest BCUT2D eigenvalue weighted by molar-refractivity contribution is -0.143. The van der Waals surface area contributed by atoms with Gasteiger partial charge in [-0.15, -0.1) is 0 Å². The highest BCUT2D eigenvalue weighted by Crippen LogP contribution is 2.45. The van der Waals surface area contributed by atoms with Crippen LogP contribution in [0.2, 0.25) is 0 Å². The maximum atomic E-state index is 13.6. The molecule has 3 amide bonds. The molecule has 9 heteroatoms. The van der Waals surface area contributed by atoms with E-state index in [9.17, 15) is 27.6 Å². The average molecular weight is 496 g/mol. The molecule has 1 unspecified atom stereocenters. The van der Waals surface area contributed by atoms with Crippen LogP contribution in [0.3, 0.4) is 0 Å². The molecule has 1 saturated carbocycles. The molecule has 2 aliphatic rings. The number of halogens is 3. The minimum Gasteiger partial charge on any atom is -0.341 e. The number of carbonyl (C=O) groups excluding carboxylic acids is 3. The molecule has 1 aliphatic heterocycles. The van der Waals surface area contributed by atoms with Gasteiger partial charge in [0, 0.05) is 44.1 Å². The van der Waals surface area contributed by atoms with Gasteiger partial charge in [0.1, 0.15) is 0 Å². The quantitative estimate of drug-likeness (QED) is 0.474. The van der Waals surface area contributed by atoms with Crippen molar-refractivity contribution in [3.63, 3.8) is 0 Å². The van der Waals surface area contributed by atoms with Crippen LogP contribution in [0.4, 0.5) is 13.2 Å². The molecule has 1 atom stereocenters. The Labute approximate surface area is 205 Å². The Hall–Kier alpha value is -3.75. The van der Waals surface area contributed by atoms with Crippen molar-refractivity contribution >= 4 is 28.6 Å². The predicted molar refractivity (Wildman–Crippen MR) is 125 cm³/mol. The SMILES string of the molecule is CN(Cc1cccc2ncccc12)C(=O)CC1(c2cccc(C(F)(F)F)c2)CC(=O)N(C2CC2)C1=O. The van der Waals surface area contributed by atoms with Gasteiger partial charge in [-0.05, 0) is 42.2 Å². The summed E-state index contributed by atoms with van der Waals surface area (Å²) in [5.41, 5.74) is -0.943. The van der Waals surface area contributed by atoms with Crippen molar-refractivity contribution in [3.8, 4) is 0 Å². The van der Waals surface area contributed by atoms with Crippen molar-refractivity contribution in [2.75, 3.05) is 7.05 Å². The number of imide groups is 1. The highest BCUT2D eigenvalue weighted by atomic mass is 19.4. The molecule has 36 heavy (non-hydrogen) atoms. The molecular formula is C27H24F3N3O3. The van der Waals surface area contributed by atoms with E-state index in [0.717, 1.165) is 33.5 Å². The third-order valence-corrected chi connectivity index (χ3v) is 7.03. The molecule has 0 radical (unpaired) electrons. The molecule has 1 aliphatic carbocycles. The van der Waals surface area contributed by atoms with Crippen LogP contribution < -0.4 is 0 Å². The zero-order valence-corrected chi connectivity index (χ0v) is 19.6. The van der Waals surface area contributed by atoms with Crippen molar-refractivity contribution in [2.45, 2.75) is 49.9 Å². The monoisotopic (exact) mass is 495 g/mol. The average Bonchev–Trinajstić information content (AvgIpc) is 3.64. The lowest BCUT2D eigenvalue weighted by atomic mass is 9.75. The number of likely N-dealkylation sites (tertiary alicyclic amines) is 1. The van der Waals surface area contributed by atoms with Gasteiger partial charge in [-0.1, -0.05) is 36.4 Å². The van der Waals surface area contributed by atoms with Gasteiger partial charge in [-0.3, -0.25) is 24.3 Å². The summed E-state index contributed by atoms with van der Waals surface area (Å²) in [6.07, 6.45) is -2.35. The van der Waals surface area contributed by atoms with E-state index < -0.39 is 41.3 Å². The van der Waals surface area contributed by atoms with Crippen LogP contribution in [0, 0.1) is 0 Å². The highest BCUT2D eigenvalue weighted by molar-refractivity contribution is 6.11. The Morgan fingerprint density at radius 1 is 1.11 bits per heavy atom. The summed E-state index contributed by atoms with van der Waals surface area (Å²) in [5.74, 6) is -1.48. The van der Waals surface area contributed by atoms with Gasteiger partial charge in [0.25, 0.3) is 0 Å². The number of pyridine rings is 1. The van der Waals surface area contributed by atoms with E-state index in [1.165, 1.54) is 17.0 Å². The molecule has 186 valence electrons. The molecule has 0 N–H and O–H groups in total. The zero-order chi connectivity index (χ0) is 25.7. The molecule has 3 aromatic rings. The van der Waals surface area contributed by atoms with Gasteiger partial charge in [0.2, 0.25) is 17.7 Å². The second kappa shape index (κ2) is 8.72. The number of fused-ring (bicyclic) bond motifs is 1. The summed E-state index contributed by atoms with van der Waals surface area (Å²) >= 11 is 0. The summed E-state index contributed by atoms with van der Waals surface area (Å²) in [4.78, 5) is 46.9. The van der Waals surface area contributed by atoms with Crippen molar-refractivity contribution in [3.05, 3.63) is 77.5 Å². The fourth-order valence-electron chi connectivity index (χ4n) is 4.97. The lowest BCUT2D eigenvalue weighted by Crippen LogP contribution is -2.43. The van der Waals surface area contributed by atoms with Crippen LogP contribution in [-0.4, -0.2) is 45.6 Å². The van der Waals surface area contributed by atoms with Gasteiger partial charge in [0.05, 0.1) is 16.5 Å². The van der Waals surface area contributed by atoms with Crippen molar-refractivity contribution in [1.29, 1.82) is 0 Å². The molecule has 2 fully saturated rings. The standard InChI is InChI=1S/C27H24F3N3O3/c1-32(16-17-5-2-9-22-21(17)8-4-12-31-22)23(34)14-26(15-24(35)33(25(26)36)20-10-11-20)18-6-3-7-19(13-18)27(28,29)30/h2-9,12-13,20H,10-11,14-16H2,1H3. The van der Waals surface area contributed by atoms with E-state index in [0.29, 0.717) is 12.8 Å². The number of aromatic nitrogens is 1. The number of nitrogens with zero attached hydrogens (tertiary/aromatic N) is 3. The summed E-state index contributed by atoms with van der Waals surface area (Å²) in [6.45, 7) is 0.217. The Kier molecular flexibility index (Phi) is 5.81. The number of rotatable bonds is 6. The second-order valence-corrected chi connectivity index (χ2v) is 9.55. The summed E-state index contributed by atoms with van der Waals surface area (Å²) in [5, 5.41) is 0.874. The summed E-state index contributed by atoms with van der Waals surface area (Å²) in [7, 11) is 1.58. The van der Waals surface area contributed by atoms with E-state index in [1.54, 1.807) is 19.3 Å². The Bertz CT molecular complexity index is 1360. The Balaban J connectivity index is 1.48. The van der Waals surface area contributed by atoms with Gasteiger partial charge < -0.3 is 4.90 Å². The molecule has 2 heterocycles. The van der Waals surface area contributed by atoms with Gasteiger partial charge >= 0.3 is 6.18 Å². The molecule has 5 rings (SSSR count). The molecular weight excluding hydrogens is 471 g/mol. The number of benzene rings is 2. The van der Waals surface area contributed by atoms with Gasteiger partial charge in [0.15, 0.2) is 0 Å². The first kappa shape index (κ1) is 24.0. The van der Waals surface area contributed by atoms with Gasteiger partial charge in [-0.25, -0.2) is 0 Å². The smallest absolute Gasteiger partial charge is 0.341 e. The molecule has 2 aromatic carbocycles. The molecule has 6 nitrogen and oxygen atoms in total. The number of hydrogen-bond acceptors (Lipinski definition) is 4. The fourth-order valence-corrected chi connectivity index (χ4v) is 4.97. The lowest BCUT2D eigenvalue weighted by Gasteiger charge is -2.30. The van der Waals surface area contributed by atoms with Crippen molar-refractivity contribution < 1.29 is 27.6 Å². The van der Waals surface area contributed by atoms with Crippen molar-refractivity contribution in [2.24, 2.45) is 0 Å². The van der Waals surface area contributed by atoms with E-state index in [4.69, 9.17) is 0 Å². The van der Waals surface area contributed by atoms with E-state index in [2.05, 4.69) is 4.98 Å². The zero-order valence-electron chi connectivity index (χ0n) is 19.6. The predicted octanol–water partition coefficient (Wildman–Crippen LogP) is 4.46. The first-order valence-corrected chi connectivity index (χ1v) is 11.7. The van der Waals surface area contributed by atoms with Crippen LogP contribution in [0.1, 0.15) is 42.4 Å². The van der Waals surface area contributed by atoms with Crippen LogP contribution in [0.25, 0.3) is 10.9 Å². The first-order valence-electron chi connectivity index (χ1n) is 11.7. The van der Waals surface area contributed by atoms with E-state index in [-0.39, 0.29) is 24.6 Å².